The van der Waals surface area contributed by atoms with Gasteiger partial charge in [-0.05, 0) is 50.1 Å². The molecule has 144 valence electrons. The van der Waals surface area contributed by atoms with E-state index in [-0.39, 0.29) is 23.8 Å². The van der Waals surface area contributed by atoms with Crippen LogP contribution in [0.25, 0.3) is 0 Å². The molecule has 1 unspecified atom stereocenters. The Morgan fingerprint density at radius 2 is 1.85 bits per heavy atom. The third-order valence-corrected chi connectivity index (χ3v) is 4.47. The van der Waals surface area contributed by atoms with Crippen molar-refractivity contribution in [3.8, 4) is 5.75 Å². The molecule has 1 amide bonds. The van der Waals surface area contributed by atoms with Crippen LogP contribution < -0.4 is 15.0 Å². The number of ether oxygens (including phenoxy) is 1. The van der Waals surface area contributed by atoms with Crippen molar-refractivity contribution in [3.05, 3.63) is 62.7 Å². The van der Waals surface area contributed by atoms with Gasteiger partial charge in [-0.15, -0.1) is 0 Å². The Hall–Kier alpha value is -2.93. The zero-order chi connectivity index (χ0) is 20.1. The molecule has 0 aromatic heterocycles. The average Bonchev–Trinajstić information content (AvgIpc) is 2.57. The average molecular weight is 372 g/mol. The third-order valence-electron chi connectivity index (χ3n) is 4.47. The maximum absolute atomic E-state index is 12.4. The minimum Gasteiger partial charge on any atom is -0.496 e. The van der Waals surface area contributed by atoms with E-state index in [1.54, 1.807) is 20.1 Å². The van der Waals surface area contributed by atoms with Crippen molar-refractivity contribution in [3.63, 3.8) is 0 Å². The first-order valence-corrected chi connectivity index (χ1v) is 8.71. The van der Waals surface area contributed by atoms with E-state index in [9.17, 15) is 14.9 Å². The molecule has 7 nitrogen and oxygen atoms in total. The molecule has 0 heterocycles. The van der Waals surface area contributed by atoms with Gasteiger partial charge in [-0.1, -0.05) is 11.6 Å². The van der Waals surface area contributed by atoms with Crippen LogP contribution in [0, 0.1) is 30.9 Å². The van der Waals surface area contributed by atoms with Gasteiger partial charge < -0.3 is 15.0 Å². The number of anilines is 1. The number of nitrogens with one attached hydrogen (secondary N) is 2. The van der Waals surface area contributed by atoms with E-state index in [1.165, 1.54) is 6.07 Å². The highest BCUT2D eigenvalue weighted by Gasteiger charge is 2.20. The van der Waals surface area contributed by atoms with Gasteiger partial charge in [0.05, 0.1) is 19.1 Å². The van der Waals surface area contributed by atoms with Crippen LogP contribution in [-0.2, 0) is 11.3 Å². The quantitative estimate of drug-likeness (QED) is 0.576. The molecule has 0 saturated heterocycles. The van der Waals surface area contributed by atoms with Crippen molar-refractivity contribution in [1.82, 2.24) is 0 Å². The van der Waals surface area contributed by atoms with Crippen molar-refractivity contribution in [2.24, 2.45) is 0 Å². The van der Waals surface area contributed by atoms with Crippen LogP contribution in [0.5, 0.6) is 5.75 Å². The number of carbonyl (C=O) groups excluding carboxylic acids is 1. The molecule has 0 radical (unpaired) electrons. The van der Waals surface area contributed by atoms with Crippen LogP contribution in [0.4, 0.5) is 11.4 Å². The molecule has 0 bridgehead atoms. The van der Waals surface area contributed by atoms with E-state index >= 15 is 0 Å². The standard InChI is InChI=1S/C20H25N3O4/c1-13-6-7-19(27-5)16(8-13)11-22(4)12-20(24)21-17-9-14(2)15(3)10-18(17)23(25)26/h6-10H,11-12H2,1-5H3,(H,21,24)/p+1. The van der Waals surface area contributed by atoms with Gasteiger partial charge in [-0.3, -0.25) is 14.9 Å². The van der Waals surface area contributed by atoms with E-state index in [4.69, 9.17) is 4.74 Å². The monoisotopic (exact) mass is 372 g/mol. The van der Waals surface area contributed by atoms with Crippen LogP contribution in [0.1, 0.15) is 22.3 Å². The molecule has 0 spiro atoms. The van der Waals surface area contributed by atoms with Gasteiger partial charge in [0.2, 0.25) is 0 Å². The van der Waals surface area contributed by atoms with Crippen LogP contribution in [0.15, 0.2) is 30.3 Å². The van der Waals surface area contributed by atoms with Crippen molar-refractivity contribution < 1.29 is 19.4 Å². The number of rotatable bonds is 7. The zero-order valence-electron chi connectivity index (χ0n) is 16.4. The predicted molar refractivity (Wildman–Crippen MR) is 104 cm³/mol. The second-order valence-corrected chi connectivity index (χ2v) is 6.88. The fourth-order valence-electron chi connectivity index (χ4n) is 2.95. The maximum atomic E-state index is 12.4. The molecule has 0 aliphatic rings. The SMILES string of the molecule is COc1ccc(C)cc1C[NH+](C)CC(=O)Nc1cc(C)c(C)cc1[N+](=O)[O-]. The Morgan fingerprint density at radius 3 is 2.48 bits per heavy atom. The Morgan fingerprint density at radius 1 is 1.19 bits per heavy atom. The molecule has 0 aliphatic heterocycles. The Labute approximate surface area is 159 Å². The summed E-state index contributed by atoms with van der Waals surface area (Å²) in [6, 6.07) is 9.05. The number of methoxy groups -OCH3 is 1. The van der Waals surface area contributed by atoms with Gasteiger partial charge in [-0.2, -0.15) is 0 Å². The number of carbonyl (C=O) groups is 1. The van der Waals surface area contributed by atoms with Crippen molar-refractivity contribution in [2.45, 2.75) is 27.3 Å². The van der Waals surface area contributed by atoms with Crippen molar-refractivity contribution >= 4 is 17.3 Å². The number of nitro benzene ring substituents is 1. The molecule has 0 aliphatic carbocycles. The van der Waals surface area contributed by atoms with Crippen LogP contribution in [0.3, 0.4) is 0 Å². The van der Waals surface area contributed by atoms with Gasteiger partial charge in [0.1, 0.15) is 18.0 Å². The molecule has 2 N–H and O–H groups in total. The Kier molecular flexibility index (Phi) is 6.52. The number of quaternary nitrogens is 1. The number of nitrogens with zero attached hydrogens (tertiary/aromatic N) is 1. The summed E-state index contributed by atoms with van der Waals surface area (Å²) in [5.74, 6) is 0.510. The summed E-state index contributed by atoms with van der Waals surface area (Å²) in [4.78, 5) is 24.2. The van der Waals surface area contributed by atoms with Gasteiger partial charge in [0, 0.05) is 11.6 Å². The van der Waals surface area contributed by atoms with Gasteiger partial charge in [0.15, 0.2) is 6.54 Å². The summed E-state index contributed by atoms with van der Waals surface area (Å²) in [6.07, 6.45) is 0. The molecule has 2 aromatic carbocycles. The summed E-state index contributed by atoms with van der Waals surface area (Å²) >= 11 is 0. The van der Waals surface area contributed by atoms with Gasteiger partial charge in [-0.25, -0.2) is 0 Å². The number of amides is 1. The minimum absolute atomic E-state index is 0.0931. The van der Waals surface area contributed by atoms with E-state index in [2.05, 4.69) is 5.32 Å². The largest absolute Gasteiger partial charge is 0.496 e. The summed E-state index contributed by atoms with van der Waals surface area (Å²) in [7, 11) is 3.52. The molecule has 7 heteroatoms. The first-order valence-electron chi connectivity index (χ1n) is 8.71. The summed E-state index contributed by atoms with van der Waals surface area (Å²) in [6.45, 7) is 6.45. The van der Waals surface area contributed by atoms with Gasteiger partial charge in [0.25, 0.3) is 11.6 Å². The second kappa shape index (κ2) is 8.64. The highest BCUT2D eigenvalue weighted by atomic mass is 16.6. The predicted octanol–water partition coefficient (Wildman–Crippen LogP) is 2.18. The third kappa shape index (κ3) is 5.27. The molecule has 2 aromatic rings. The van der Waals surface area contributed by atoms with Crippen molar-refractivity contribution in [1.29, 1.82) is 0 Å². The van der Waals surface area contributed by atoms with Gasteiger partial charge >= 0.3 is 0 Å². The van der Waals surface area contributed by atoms with E-state index in [0.717, 1.165) is 32.9 Å². The summed E-state index contributed by atoms with van der Waals surface area (Å²) < 4.78 is 5.38. The molecule has 0 saturated carbocycles. The number of hydrogen-bond acceptors (Lipinski definition) is 4. The van der Waals surface area contributed by atoms with E-state index in [0.29, 0.717) is 6.54 Å². The maximum Gasteiger partial charge on any atom is 0.293 e. The first-order chi connectivity index (χ1) is 12.7. The number of benzene rings is 2. The lowest BCUT2D eigenvalue weighted by atomic mass is 10.1. The minimum atomic E-state index is -0.476. The van der Waals surface area contributed by atoms with Crippen LogP contribution >= 0.6 is 0 Å². The molecular formula is C20H26N3O4+. The van der Waals surface area contributed by atoms with E-state index < -0.39 is 4.92 Å². The highest BCUT2D eigenvalue weighted by Crippen LogP contribution is 2.27. The first kappa shape index (κ1) is 20.4. The molecule has 27 heavy (non-hydrogen) atoms. The number of aryl methyl sites for hydroxylation is 3. The number of hydrogen-bond donors (Lipinski definition) is 2. The van der Waals surface area contributed by atoms with E-state index in [1.807, 2.05) is 39.1 Å². The smallest absolute Gasteiger partial charge is 0.293 e. The molecule has 0 fully saturated rings. The Bertz CT molecular complexity index is 865. The summed E-state index contributed by atoms with van der Waals surface area (Å²) in [5.41, 5.74) is 3.97. The lowest BCUT2D eigenvalue weighted by Crippen LogP contribution is -3.08. The second-order valence-electron chi connectivity index (χ2n) is 6.88. The van der Waals surface area contributed by atoms with Crippen LogP contribution in [0.2, 0.25) is 0 Å². The lowest BCUT2D eigenvalue weighted by molar-refractivity contribution is -0.885. The topological polar surface area (TPSA) is 85.9 Å². The number of nitro groups is 1. The zero-order valence-corrected chi connectivity index (χ0v) is 16.4. The number of likely N-dealkylation sites (N-methyl/N-ethyl adjacent to an activating group) is 1. The normalized spacial score (nSPS) is 11.7. The molecule has 1 atom stereocenters. The fraction of sp³-hybridized carbons (Fsp3) is 0.350. The fourth-order valence-corrected chi connectivity index (χ4v) is 2.95. The summed E-state index contributed by atoms with van der Waals surface area (Å²) in [5, 5.41) is 14.0. The van der Waals surface area contributed by atoms with Crippen LogP contribution in [-0.4, -0.2) is 31.5 Å². The van der Waals surface area contributed by atoms with Crippen molar-refractivity contribution in [2.75, 3.05) is 26.0 Å². The highest BCUT2D eigenvalue weighted by molar-refractivity contribution is 5.94. The molecule has 2 rings (SSSR count). The molecular weight excluding hydrogens is 346 g/mol. The Balaban J connectivity index is 2.09. The lowest BCUT2D eigenvalue weighted by Gasteiger charge is -2.16.